The van der Waals surface area contributed by atoms with Crippen molar-refractivity contribution in [2.75, 3.05) is 50.8 Å². The second-order valence-corrected chi connectivity index (χ2v) is 17.1. The zero-order valence-corrected chi connectivity index (χ0v) is 34.2. The summed E-state index contributed by atoms with van der Waals surface area (Å²) in [4.78, 5) is 35.7. The van der Waals surface area contributed by atoms with Gasteiger partial charge < -0.3 is 35.2 Å². The zero-order chi connectivity index (χ0) is 40.2. The molecule has 14 heteroatoms. The van der Waals surface area contributed by atoms with Crippen molar-refractivity contribution >= 4 is 58.2 Å². The Morgan fingerprint density at radius 3 is 2.53 bits per heavy atom. The van der Waals surface area contributed by atoms with Gasteiger partial charge in [-0.25, -0.2) is 9.55 Å². The first-order chi connectivity index (χ1) is 28.1. The highest BCUT2D eigenvalue weighted by molar-refractivity contribution is 7.80. The molecule has 4 aliphatic rings. The van der Waals surface area contributed by atoms with E-state index in [0.29, 0.717) is 39.8 Å². The molecule has 5 heterocycles. The topological polar surface area (TPSA) is 145 Å². The first-order valence-corrected chi connectivity index (χ1v) is 21.0. The average Bonchev–Trinajstić information content (AvgIpc) is 3.84. The predicted molar refractivity (Wildman–Crippen MR) is 230 cm³/mol. The number of halogens is 1. The van der Waals surface area contributed by atoms with Gasteiger partial charge in [-0.2, -0.15) is 0 Å². The Morgan fingerprint density at radius 1 is 1.05 bits per heavy atom. The summed E-state index contributed by atoms with van der Waals surface area (Å²) in [5.74, 6) is 1.08. The van der Waals surface area contributed by atoms with Gasteiger partial charge in [-0.15, -0.1) is 12.6 Å². The summed E-state index contributed by atoms with van der Waals surface area (Å²) >= 11 is 10.4. The van der Waals surface area contributed by atoms with E-state index >= 15 is 0 Å². The normalized spacial score (nSPS) is 18.5. The number of aromatic amines is 1. The molecule has 5 aromatic rings. The van der Waals surface area contributed by atoms with Crippen LogP contribution >= 0.6 is 24.2 Å². The minimum Gasteiger partial charge on any atom is -0.455 e. The number of nitrogens with two attached hydrogens (primary N) is 1. The lowest BCUT2D eigenvalue weighted by molar-refractivity contribution is -0.392. The Hall–Kier alpha value is -4.82. The van der Waals surface area contributed by atoms with Gasteiger partial charge in [-0.3, -0.25) is 9.69 Å². The Kier molecular flexibility index (Phi) is 12.1. The summed E-state index contributed by atoms with van der Waals surface area (Å²) in [5, 5.41) is 12.5. The monoisotopic (exact) mass is 823 g/mol. The number of fused-ring (bicyclic) bond motifs is 1. The smallest absolute Gasteiger partial charge is 0.324 e. The fourth-order valence-electron chi connectivity index (χ4n) is 8.91. The van der Waals surface area contributed by atoms with E-state index in [1.165, 1.54) is 50.2 Å². The Labute approximate surface area is 348 Å². The van der Waals surface area contributed by atoms with Crippen molar-refractivity contribution in [3.05, 3.63) is 111 Å². The van der Waals surface area contributed by atoms with Crippen LogP contribution in [-0.4, -0.2) is 76.2 Å². The van der Waals surface area contributed by atoms with Gasteiger partial charge in [0, 0.05) is 86.3 Å². The van der Waals surface area contributed by atoms with E-state index < -0.39 is 5.91 Å². The van der Waals surface area contributed by atoms with E-state index in [2.05, 4.69) is 44.5 Å². The number of carbonyl (C=O) groups is 1. The number of nitrogens with one attached hydrogen (secondary N) is 1. The first kappa shape index (κ1) is 40.0. The van der Waals surface area contributed by atoms with Crippen LogP contribution in [0.3, 0.4) is 0 Å². The molecule has 0 unspecified atom stereocenters. The number of ether oxygens (including phenoxy) is 2. The van der Waals surface area contributed by atoms with Gasteiger partial charge >= 0.3 is 5.82 Å². The maximum Gasteiger partial charge on any atom is 0.324 e. The van der Waals surface area contributed by atoms with E-state index in [9.17, 15) is 14.9 Å². The second kappa shape index (κ2) is 17.6. The van der Waals surface area contributed by atoms with Crippen LogP contribution in [0.5, 0.6) is 11.5 Å². The number of benzene rings is 2. The largest absolute Gasteiger partial charge is 0.455 e. The standard InChI is InChI=1S/C34H36ClN5O2.C10H14N2O3S/c35-26-4-2-23(3-5-26)30-20-34(10-1-11-34)12-8-25(30)22-39-14-16-40(17-15-39)27-6-7-29(32(36)41)31(19-27)42-28-18-24-9-13-37-33(24)38-21-28;13-12(14)10-5-9(16)7-11(10)6-8-1-3-15-4-2-8/h2-7,9,13,18-19,21H,1,8,10-12,14-17,20,22H2,(H2,36,41)(H,37,38);5,7-8,16H,1-4,6H2. The Balaban J connectivity index is 0.000000246. The number of hydrogen-bond donors (Lipinski definition) is 3. The number of nitro groups is 1. The lowest BCUT2D eigenvalue weighted by Gasteiger charge is -2.47. The number of pyridine rings is 1. The number of rotatable bonds is 10. The van der Waals surface area contributed by atoms with E-state index in [4.69, 9.17) is 26.8 Å². The lowest BCUT2D eigenvalue weighted by Crippen LogP contribution is -2.47. The number of primary amides is 1. The number of aromatic nitrogens is 3. The zero-order valence-electron chi connectivity index (χ0n) is 32.6. The summed E-state index contributed by atoms with van der Waals surface area (Å²) in [5.41, 5.74) is 12.9. The Bertz CT molecular complexity index is 2290. The van der Waals surface area contributed by atoms with Crippen molar-refractivity contribution in [3.63, 3.8) is 0 Å². The predicted octanol–water partition coefficient (Wildman–Crippen LogP) is 9.15. The maximum atomic E-state index is 12.2. The molecule has 3 fully saturated rings. The summed E-state index contributed by atoms with van der Waals surface area (Å²) in [6.45, 7) is 6.97. The Morgan fingerprint density at radius 2 is 1.83 bits per heavy atom. The number of anilines is 1. The van der Waals surface area contributed by atoms with Crippen molar-refractivity contribution in [1.29, 1.82) is 0 Å². The van der Waals surface area contributed by atoms with Gasteiger partial charge in [-0.1, -0.05) is 35.7 Å². The van der Waals surface area contributed by atoms with Crippen LogP contribution in [-0.2, 0) is 11.3 Å². The van der Waals surface area contributed by atoms with Crippen molar-refractivity contribution in [3.8, 4) is 11.5 Å². The van der Waals surface area contributed by atoms with Gasteiger partial charge in [0.1, 0.15) is 23.3 Å². The van der Waals surface area contributed by atoms with Gasteiger partial charge in [0.2, 0.25) is 0 Å². The van der Waals surface area contributed by atoms with Crippen molar-refractivity contribution < 1.29 is 19.2 Å². The fraction of sp³-hybridized carbons (Fsp3) is 0.409. The highest BCUT2D eigenvalue weighted by atomic mass is 35.5. The number of nitrogens with zero attached hydrogens (tertiary/aromatic N) is 5. The van der Waals surface area contributed by atoms with Crippen LogP contribution in [0.25, 0.3) is 16.6 Å². The van der Waals surface area contributed by atoms with E-state index in [1.807, 2.05) is 42.6 Å². The number of allylic oxidation sites excluding steroid dienone is 1. The van der Waals surface area contributed by atoms with Crippen LogP contribution in [0.15, 0.2) is 89.7 Å². The molecule has 2 aliphatic carbocycles. The van der Waals surface area contributed by atoms with Crippen molar-refractivity contribution in [2.45, 2.75) is 62.8 Å². The number of carbonyl (C=O) groups excluding carboxylic acids is 1. The van der Waals surface area contributed by atoms with E-state index in [0.717, 1.165) is 80.5 Å². The molecule has 1 saturated carbocycles. The molecule has 2 aromatic carbocycles. The van der Waals surface area contributed by atoms with E-state index in [-0.39, 0.29) is 10.7 Å². The SMILES string of the molecule is NC(=O)c1ccc(N2CCN(CC3=C(c4ccc(Cl)cc4)CC4(CCC4)CC3)CC2)cc1Oc1cnc2[nH]ccc2c1.O=[N+]([O-])c1cc(S)cn1CC1CCOCC1. The molecular formula is C44H50ClN7O5S. The minimum absolute atomic E-state index is 0.122. The van der Waals surface area contributed by atoms with Gasteiger partial charge in [0.15, 0.2) is 0 Å². The number of H-pyrrole nitrogens is 1. The van der Waals surface area contributed by atoms with Crippen LogP contribution in [0.2, 0.25) is 5.02 Å². The molecular weight excluding hydrogens is 774 g/mol. The number of hydrogen-bond acceptors (Lipinski definition) is 9. The molecule has 9 rings (SSSR count). The fourth-order valence-corrected chi connectivity index (χ4v) is 9.29. The summed E-state index contributed by atoms with van der Waals surface area (Å²) in [7, 11) is 0. The summed E-state index contributed by atoms with van der Waals surface area (Å²) in [6, 6.07) is 19.5. The minimum atomic E-state index is -0.516. The second-order valence-electron chi connectivity index (χ2n) is 16.1. The molecule has 0 bridgehead atoms. The number of piperazine rings is 1. The lowest BCUT2D eigenvalue weighted by atomic mass is 9.59. The quantitative estimate of drug-likeness (QED) is 0.0719. The first-order valence-electron chi connectivity index (χ1n) is 20.2. The number of thiol groups is 1. The van der Waals surface area contributed by atoms with Crippen LogP contribution in [0, 0.1) is 21.4 Å². The molecule has 2 aliphatic heterocycles. The van der Waals surface area contributed by atoms with Crippen LogP contribution in [0.4, 0.5) is 11.5 Å². The maximum absolute atomic E-state index is 12.2. The number of amides is 1. The van der Waals surface area contributed by atoms with Gasteiger partial charge in [0.25, 0.3) is 5.91 Å². The van der Waals surface area contributed by atoms with Gasteiger partial charge in [0.05, 0.1) is 23.2 Å². The summed E-state index contributed by atoms with van der Waals surface area (Å²) in [6.07, 6.45) is 15.0. The molecule has 0 radical (unpaired) electrons. The third-order valence-corrected chi connectivity index (χ3v) is 12.9. The highest BCUT2D eigenvalue weighted by Crippen LogP contribution is 2.55. The average molecular weight is 824 g/mol. The summed E-state index contributed by atoms with van der Waals surface area (Å²) < 4.78 is 13.1. The van der Waals surface area contributed by atoms with Crippen molar-refractivity contribution in [2.24, 2.45) is 17.1 Å². The molecule has 304 valence electrons. The molecule has 58 heavy (non-hydrogen) atoms. The molecule has 1 amide bonds. The highest BCUT2D eigenvalue weighted by Gasteiger charge is 2.41. The van der Waals surface area contributed by atoms with Gasteiger partial charge in [-0.05, 0) is 103 Å². The molecule has 2 saturated heterocycles. The van der Waals surface area contributed by atoms with Crippen molar-refractivity contribution in [1.82, 2.24) is 19.4 Å². The van der Waals surface area contributed by atoms with E-state index in [1.54, 1.807) is 34.2 Å². The molecule has 3 N–H and O–H groups in total. The van der Waals surface area contributed by atoms with Crippen LogP contribution in [0.1, 0.15) is 67.3 Å². The van der Waals surface area contributed by atoms with Crippen LogP contribution < -0.4 is 15.4 Å². The third-order valence-electron chi connectivity index (χ3n) is 12.4. The molecule has 0 atom stereocenters. The third kappa shape index (κ3) is 9.23. The molecule has 1 spiro atoms. The molecule has 12 nitrogen and oxygen atoms in total. The molecule has 3 aromatic heterocycles.